The fraction of sp³-hybridized carbons (Fsp3) is 0.294. The molecule has 0 bridgehead atoms. The van der Waals surface area contributed by atoms with Crippen LogP contribution >= 0.6 is 24.0 Å². The van der Waals surface area contributed by atoms with Gasteiger partial charge >= 0.3 is 0 Å². The van der Waals surface area contributed by atoms with E-state index in [2.05, 4.69) is 15.3 Å². The molecule has 0 spiro atoms. The van der Waals surface area contributed by atoms with E-state index in [4.69, 9.17) is 10.5 Å². The van der Waals surface area contributed by atoms with Crippen molar-refractivity contribution >= 4 is 35.8 Å². The minimum absolute atomic E-state index is 0. The van der Waals surface area contributed by atoms with E-state index in [0.29, 0.717) is 18.3 Å². The number of pyridine rings is 1. The second kappa shape index (κ2) is 9.34. The quantitative estimate of drug-likeness (QED) is 0.434. The van der Waals surface area contributed by atoms with Gasteiger partial charge in [0.05, 0.1) is 12.6 Å². The van der Waals surface area contributed by atoms with Crippen molar-refractivity contribution in [3.8, 4) is 5.75 Å². The number of aliphatic imine (C=N–C) groups is 1. The second-order valence-electron chi connectivity index (χ2n) is 5.32. The molecule has 6 heteroatoms. The van der Waals surface area contributed by atoms with E-state index in [1.54, 1.807) is 6.20 Å². The summed E-state index contributed by atoms with van der Waals surface area (Å²) in [5.74, 6) is 1.85. The molecular formula is C17H23IN4O. The Morgan fingerprint density at radius 3 is 2.74 bits per heavy atom. The third-order valence-corrected chi connectivity index (χ3v) is 2.93. The van der Waals surface area contributed by atoms with E-state index in [0.717, 1.165) is 16.9 Å². The average molecular weight is 426 g/mol. The van der Waals surface area contributed by atoms with Gasteiger partial charge in [-0.25, -0.2) is 9.98 Å². The molecule has 1 aromatic carbocycles. The van der Waals surface area contributed by atoms with Gasteiger partial charge < -0.3 is 15.8 Å². The van der Waals surface area contributed by atoms with Crippen molar-refractivity contribution in [1.82, 2.24) is 4.98 Å². The number of halogens is 1. The van der Waals surface area contributed by atoms with Crippen molar-refractivity contribution in [2.75, 3.05) is 5.32 Å². The predicted octanol–water partition coefficient (Wildman–Crippen LogP) is 3.72. The topological polar surface area (TPSA) is 72.5 Å². The highest BCUT2D eigenvalue weighted by Crippen LogP contribution is 2.22. The van der Waals surface area contributed by atoms with Crippen LogP contribution in [0.15, 0.2) is 47.6 Å². The molecule has 3 N–H and O–H groups in total. The molecule has 5 nitrogen and oxygen atoms in total. The molecule has 2 rings (SSSR count). The normalized spacial score (nSPS) is 11.0. The summed E-state index contributed by atoms with van der Waals surface area (Å²) in [6.45, 7) is 6.50. The Hall–Kier alpha value is -1.83. The lowest BCUT2D eigenvalue weighted by Gasteiger charge is -2.14. The molecule has 0 saturated heterocycles. The van der Waals surface area contributed by atoms with Crippen LogP contribution in [0.3, 0.4) is 0 Å². The Bertz CT molecular complexity index is 644. The number of benzene rings is 1. The van der Waals surface area contributed by atoms with Gasteiger partial charge in [0.25, 0.3) is 0 Å². The molecule has 0 amide bonds. The fourth-order valence-electron chi connectivity index (χ4n) is 1.93. The predicted molar refractivity (Wildman–Crippen MR) is 106 cm³/mol. The molecule has 0 aliphatic carbocycles. The van der Waals surface area contributed by atoms with Gasteiger partial charge in [-0.1, -0.05) is 18.2 Å². The highest BCUT2D eigenvalue weighted by molar-refractivity contribution is 14.0. The number of rotatable bonds is 5. The lowest BCUT2D eigenvalue weighted by molar-refractivity contribution is 0.240. The first-order valence-electron chi connectivity index (χ1n) is 7.29. The van der Waals surface area contributed by atoms with Crippen molar-refractivity contribution < 1.29 is 4.74 Å². The number of nitrogens with zero attached hydrogens (tertiary/aromatic N) is 2. The van der Waals surface area contributed by atoms with Crippen molar-refractivity contribution in [2.45, 2.75) is 33.4 Å². The Morgan fingerprint density at radius 1 is 1.30 bits per heavy atom. The number of aromatic nitrogens is 1. The standard InChI is InChI=1S/C17H22N4O.HI/c1-12(2)22-15-10-13(3)7-8-14(15)11-20-17(18)21-16-6-4-5-9-19-16;/h4-10,12H,11H2,1-3H3,(H3,18,19,20,21);1H. The molecule has 2 aromatic rings. The molecule has 0 radical (unpaired) electrons. The van der Waals surface area contributed by atoms with Crippen LogP contribution in [-0.4, -0.2) is 17.0 Å². The van der Waals surface area contributed by atoms with Crippen LogP contribution in [0.4, 0.5) is 5.82 Å². The van der Waals surface area contributed by atoms with Crippen LogP contribution in [0.5, 0.6) is 5.75 Å². The molecule has 0 unspecified atom stereocenters. The second-order valence-corrected chi connectivity index (χ2v) is 5.32. The summed E-state index contributed by atoms with van der Waals surface area (Å²) in [5.41, 5.74) is 8.05. The van der Waals surface area contributed by atoms with E-state index in [1.165, 1.54) is 0 Å². The van der Waals surface area contributed by atoms with Crippen LogP contribution in [0.1, 0.15) is 25.0 Å². The first kappa shape index (κ1) is 19.2. The molecule has 0 saturated carbocycles. The van der Waals surface area contributed by atoms with Gasteiger partial charge in [-0.15, -0.1) is 24.0 Å². The summed E-state index contributed by atoms with van der Waals surface area (Å²) in [7, 11) is 0. The van der Waals surface area contributed by atoms with Crippen molar-refractivity contribution in [2.24, 2.45) is 10.7 Å². The number of guanidine groups is 1. The summed E-state index contributed by atoms with van der Waals surface area (Å²) >= 11 is 0. The molecule has 0 atom stereocenters. The highest BCUT2D eigenvalue weighted by Gasteiger charge is 2.06. The average Bonchev–Trinajstić information content (AvgIpc) is 2.47. The van der Waals surface area contributed by atoms with Gasteiger partial charge in [0, 0.05) is 11.8 Å². The smallest absolute Gasteiger partial charge is 0.194 e. The van der Waals surface area contributed by atoms with Crippen LogP contribution in [0.2, 0.25) is 0 Å². The molecule has 0 aliphatic rings. The van der Waals surface area contributed by atoms with Gasteiger partial charge in [0.2, 0.25) is 0 Å². The van der Waals surface area contributed by atoms with Gasteiger partial charge in [-0.3, -0.25) is 0 Å². The van der Waals surface area contributed by atoms with Crippen molar-refractivity contribution in [1.29, 1.82) is 0 Å². The Kier molecular flexibility index (Phi) is 7.80. The number of anilines is 1. The number of nitrogens with one attached hydrogen (secondary N) is 1. The summed E-state index contributed by atoms with van der Waals surface area (Å²) in [6, 6.07) is 11.7. The van der Waals surface area contributed by atoms with E-state index >= 15 is 0 Å². The molecule has 1 aromatic heterocycles. The maximum Gasteiger partial charge on any atom is 0.194 e. The maximum atomic E-state index is 5.89. The minimum atomic E-state index is 0. The first-order chi connectivity index (χ1) is 10.5. The highest BCUT2D eigenvalue weighted by atomic mass is 127. The number of ether oxygens (including phenoxy) is 1. The van der Waals surface area contributed by atoms with E-state index in [9.17, 15) is 0 Å². The largest absolute Gasteiger partial charge is 0.491 e. The van der Waals surface area contributed by atoms with Crippen LogP contribution in [0.25, 0.3) is 0 Å². The minimum Gasteiger partial charge on any atom is -0.491 e. The summed E-state index contributed by atoms with van der Waals surface area (Å²) in [5, 5.41) is 2.96. The molecule has 0 aliphatic heterocycles. The monoisotopic (exact) mass is 426 g/mol. The number of hydrogen-bond acceptors (Lipinski definition) is 3. The summed E-state index contributed by atoms with van der Waals surface area (Å²) < 4.78 is 5.83. The van der Waals surface area contributed by atoms with Gasteiger partial charge in [-0.2, -0.15) is 0 Å². The summed E-state index contributed by atoms with van der Waals surface area (Å²) in [4.78, 5) is 8.50. The third-order valence-electron chi connectivity index (χ3n) is 2.93. The van der Waals surface area contributed by atoms with Gasteiger partial charge in [-0.05, 0) is 44.5 Å². The Labute approximate surface area is 154 Å². The van der Waals surface area contributed by atoms with Crippen LogP contribution in [-0.2, 0) is 6.54 Å². The Morgan fingerprint density at radius 2 is 2.09 bits per heavy atom. The SMILES string of the molecule is Cc1ccc(CN=C(N)Nc2ccccn2)c(OC(C)C)c1.I. The number of hydrogen-bond donors (Lipinski definition) is 2. The van der Waals surface area contributed by atoms with Gasteiger partial charge in [0.1, 0.15) is 11.6 Å². The van der Waals surface area contributed by atoms with Crippen LogP contribution < -0.4 is 15.8 Å². The van der Waals surface area contributed by atoms with E-state index < -0.39 is 0 Å². The van der Waals surface area contributed by atoms with E-state index in [-0.39, 0.29) is 30.1 Å². The van der Waals surface area contributed by atoms with Crippen LogP contribution in [0, 0.1) is 6.92 Å². The molecule has 1 heterocycles. The van der Waals surface area contributed by atoms with E-state index in [1.807, 2.05) is 57.2 Å². The molecule has 23 heavy (non-hydrogen) atoms. The van der Waals surface area contributed by atoms with Crippen molar-refractivity contribution in [3.05, 3.63) is 53.7 Å². The maximum absolute atomic E-state index is 5.89. The lowest BCUT2D eigenvalue weighted by atomic mass is 10.1. The number of nitrogens with two attached hydrogens (primary N) is 1. The fourth-order valence-corrected chi connectivity index (χ4v) is 1.93. The zero-order valence-electron chi connectivity index (χ0n) is 13.6. The molecular weight excluding hydrogens is 403 g/mol. The zero-order valence-corrected chi connectivity index (χ0v) is 15.9. The zero-order chi connectivity index (χ0) is 15.9. The first-order valence-corrected chi connectivity index (χ1v) is 7.29. The lowest BCUT2D eigenvalue weighted by Crippen LogP contribution is -2.23. The Balaban J connectivity index is 0.00000264. The molecule has 0 fully saturated rings. The molecule has 124 valence electrons. The number of aryl methyl sites for hydroxylation is 1. The third kappa shape index (κ3) is 6.43. The summed E-state index contributed by atoms with van der Waals surface area (Å²) in [6.07, 6.45) is 1.82. The van der Waals surface area contributed by atoms with Gasteiger partial charge in [0.15, 0.2) is 5.96 Å². The van der Waals surface area contributed by atoms with Crippen molar-refractivity contribution in [3.63, 3.8) is 0 Å².